The van der Waals surface area contributed by atoms with Gasteiger partial charge in [0.1, 0.15) is 0 Å². The average Bonchev–Trinajstić information content (AvgIpc) is 2.48. The minimum absolute atomic E-state index is 0.696. The maximum Gasteiger partial charge on any atom is 0.224 e. The summed E-state index contributed by atoms with van der Waals surface area (Å²) < 4.78 is 0.988. The lowest BCUT2D eigenvalue weighted by molar-refractivity contribution is -0.593. The van der Waals surface area contributed by atoms with Crippen LogP contribution in [0.4, 0.5) is 0 Å². The van der Waals surface area contributed by atoms with Gasteiger partial charge < -0.3 is 5.21 Å². The van der Waals surface area contributed by atoms with Gasteiger partial charge in [0.15, 0.2) is 6.20 Å². The van der Waals surface area contributed by atoms with Crippen molar-refractivity contribution in [3.05, 3.63) is 52.9 Å². The number of benzene rings is 1. The minimum atomic E-state index is 0.696. The Bertz CT molecular complexity index is 654. The predicted molar refractivity (Wildman–Crippen MR) is 88.4 cm³/mol. The lowest BCUT2D eigenvalue weighted by Gasteiger charge is -2.26. The van der Waals surface area contributed by atoms with Gasteiger partial charge >= 0.3 is 0 Å². The molecule has 2 nitrogen and oxygen atoms in total. The van der Waals surface area contributed by atoms with E-state index in [1.54, 1.807) is 12.3 Å². The third kappa shape index (κ3) is 2.80. The van der Waals surface area contributed by atoms with E-state index in [0.29, 0.717) is 5.92 Å². The van der Waals surface area contributed by atoms with Crippen LogP contribution in [-0.2, 0) is 12.8 Å². The fraction of sp³-hybridized carbons (Fsp3) is 0.389. The highest BCUT2D eigenvalue weighted by atomic mass is 32.2. The Morgan fingerprint density at radius 1 is 1.24 bits per heavy atom. The average molecular weight is 299 g/mol. The van der Waals surface area contributed by atoms with Gasteiger partial charge in [-0.15, -0.1) is 11.8 Å². The number of nitrogens with zero attached hydrogens (tertiary/aromatic N) is 1. The number of hydrogen-bond acceptors (Lipinski definition) is 2. The summed E-state index contributed by atoms with van der Waals surface area (Å²) in [5.74, 6) is 1.79. The van der Waals surface area contributed by atoms with Crippen molar-refractivity contribution < 1.29 is 4.73 Å². The third-order valence-corrected chi connectivity index (χ3v) is 5.21. The van der Waals surface area contributed by atoms with E-state index >= 15 is 0 Å². The van der Waals surface area contributed by atoms with Crippen LogP contribution in [0.5, 0.6) is 0 Å². The Kier molecular flexibility index (Phi) is 4.20. The molecule has 0 aliphatic heterocycles. The highest BCUT2D eigenvalue weighted by molar-refractivity contribution is 7.99. The van der Waals surface area contributed by atoms with Crippen molar-refractivity contribution in [1.29, 1.82) is 0 Å². The van der Waals surface area contributed by atoms with Gasteiger partial charge in [-0.1, -0.05) is 13.8 Å². The van der Waals surface area contributed by atoms with Crippen LogP contribution in [0.3, 0.4) is 0 Å². The Balaban J connectivity index is 2.16. The first-order chi connectivity index (χ1) is 10.2. The van der Waals surface area contributed by atoms with Gasteiger partial charge in [-0.3, -0.25) is 0 Å². The molecule has 1 atom stereocenters. The van der Waals surface area contributed by atoms with Crippen LogP contribution in [0, 0.1) is 11.1 Å². The molecule has 0 bridgehead atoms. The Morgan fingerprint density at radius 3 is 2.86 bits per heavy atom. The van der Waals surface area contributed by atoms with Crippen molar-refractivity contribution in [2.24, 2.45) is 5.92 Å². The van der Waals surface area contributed by atoms with Crippen molar-refractivity contribution in [3.8, 4) is 11.3 Å². The number of hydrogen-bond donors (Lipinski definition) is 0. The second kappa shape index (κ2) is 6.10. The highest BCUT2D eigenvalue weighted by Crippen LogP contribution is 2.38. The van der Waals surface area contributed by atoms with Crippen molar-refractivity contribution >= 4 is 11.8 Å². The second-order valence-electron chi connectivity index (χ2n) is 5.76. The number of pyridine rings is 1. The van der Waals surface area contributed by atoms with Gasteiger partial charge in [0.25, 0.3) is 0 Å². The van der Waals surface area contributed by atoms with Crippen LogP contribution >= 0.6 is 11.8 Å². The van der Waals surface area contributed by atoms with Crippen molar-refractivity contribution in [2.45, 2.75) is 38.0 Å². The smallest absolute Gasteiger partial charge is 0.224 e. The van der Waals surface area contributed by atoms with E-state index < -0.39 is 0 Å². The number of aromatic nitrogens is 1. The lowest BCUT2D eigenvalue weighted by atomic mass is 9.82. The molecule has 1 aromatic heterocycles. The third-order valence-electron chi connectivity index (χ3n) is 4.23. The molecule has 0 fully saturated rings. The van der Waals surface area contributed by atoms with Gasteiger partial charge in [-0.05, 0) is 60.3 Å². The molecule has 0 saturated heterocycles. The standard InChI is InChI=1S/C18H21NOS/c1-3-21-18-10-9-14(17-6-4-5-11-19(17)20)16-12-13(2)7-8-15(16)18/h4-6,9-11,13H,3,7-8,12H2,1-2H3. The molecule has 0 amide bonds. The summed E-state index contributed by atoms with van der Waals surface area (Å²) in [5, 5.41) is 12.1. The number of fused-ring (bicyclic) bond motifs is 1. The van der Waals surface area contributed by atoms with E-state index in [-0.39, 0.29) is 0 Å². The first-order valence-electron chi connectivity index (χ1n) is 7.66. The number of thioether (sulfide) groups is 1. The van der Waals surface area contributed by atoms with Gasteiger partial charge in [0.2, 0.25) is 5.69 Å². The maximum atomic E-state index is 12.1. The van der Waals surface area contributed by atoms with Crippen LogP contribution in [0.15, 0.2) is 41.4 Å². The molecule has 0 spiro atoms. The van der Waals surface area contributed by atoms with Crippen LogP contribution in [-0.4, -0.2) is 5.75 Å². The molecule has 2 aromatic rings. The zero-order chi connectivity index (χ0) is 14.8. The SMILES string of the molecule is CCSc1ccc(-c2cccc[n+]2[O-])c2c1CCC(C)C2. The zero-order valence-corrected chi connectivity index (χ0v) is 13.5. The van der Waals surface area contributed by atoms with Gasteiger partial charge in [0.05, 0.1) is 5.56 Å². The van der Waals surface area contributed by atoms with Crippen LogP contribution < -0.4 is 4.73 Å². The van der Waals surface area contributed by atoms with E-state index in [9.17, 15) is 5.21 Å². The molecule has 1 aliphatic rings. The summed E-state index contributed by atoms with van der Waals surface area (Å²) in [7, 11) is 0. The van der Waals surface area contributed by atoms with Crippen LogP contribution in [0.1, 0.15) is 31.4 Å². The molecule has 0 N–H and O–H groups in total. The van der Waals surface area contributed by atoms with Crippen molar-refractivity contribution in [1.82, 2.24) is 0 Å². The van der Waals surface area contributed by atoms with E-state index in [1.165, 1.54) is 22.4 Å². The lowest BCUT2D eigenvalue weighted by Crippen LogP contribution is -2.29. The summed E-state index contributed by atoms with van der Waals surface area (Å²) in [6.07, 6.45) is 5.05. The number of rotatable bonds is 3. The molecule has 1 unspecified atom stereocenters. The topological polar surface area (TPSA) is 26.9 Å². The van der Waals surface area contributed by atoms with E-state index in [4.69, 9.17) is 0 Å². The van der Waals surface area contributed by atoms with Gasteiger partial charge in [-0.2, -0.15) is 4.73 Å². The van der Waals surface area contributed by atoms with Gasteiger partial charge in [0, 0.05) is 17.0 Å². The molecule has 0 saturated carbocycles. The molecular formula is C18H21NOS. The molecule has 21 heavy (non-hydrogen) atoms. The van der Waals surface area contributed by atoms with Gasteiger partial charge in [-0.25, -0.2) is 0 Å². The summed E-state index contributed by atoms with van der Waals surface area (Å²) >= 11 is 1.91. The van der Waals surface area contributed by atoms with E-state index in [0.717, 1.165) is 34.6 Å². The fourth-order valence-electron chi connectivity index (χ4n) is 3.19. The molecule has 1 heterocycles. The highest BCUT2D eigenvalue weighted by Gasteiger charge is 2.24. The Hall–Kier alpha value is -1.48. The van der Waals surface area contributed by atoms with Crippen LogP contribution in [0.25, 0.3) is 11.3 Å². The largest absolute Gasteiger partial charge is 0.618 e. The molecular weight excluding hydrogens is 278 g/mol. The Labute approximate surface area is 130 Å². The molecule has 0 radical (unpaired) electrons. The fourth-order valence-corrected chi connectivity index (χ4v) is 4.06. The second-order valence-corrected chi connectivity index (χ2v) is 7.07. The quantitative estimate of drug-likeness (QED) is 0.482. The summed E-state index contributed by atoms with van der Waals surface area (Å²) in [4.78, 5) is 1.40. The molecule has 110 valence electrons. The first kappa shape index (κ1) is 14.5. The normalized spacial score (nSPS) is 17.5. The zero-order valence-electron chi connectivity index (χ0n) is 12.6. The predicted octanol–water partition coefficient (Wildman–Crippen LogP) is 4.22. The van der Waals surface area contributed by atoms with E-state index in [1.807, 2.05) is 23.9 Å². The summed E-state index contributed by atoms with van der Waals surface area (Å²) in [6.45, 7) is 4.50. The maximum absolute atomic E-state index is 12.1. The minimum Gasteiger partial charge on any atom is -0.618 e. The van der Waals surface area contributed by atoms with Crippen molar-refractivity contribution in [2.75, 3.05) is 5.75 Å². The summed E-state index contributed by atoms with van der Waals surface area (Å²) in [6, 6.07) is 9.99. The molecule has 1 aliphatic carbocycles. The first-order valence-corrected chi connectivity index (χ1v) is 8.65. The molecule has 3 rings (SSSR count). The monoisotopic (exact) mass is 299 g/mol. The van der Waals surface area contributed by atoms with Crippen molar-refractivity contribution in [3.63, 3.8) is 0 Å². The summed E-state index contributed by atoms with van der Waals surface area (Å²) in [5.41, 5.74) is 4.76. The molecule has 1 aromatic carbocycles. The molecule has 3 heteroatoms. The van der Waals surface area contributed by atoms with E-state index in [2.05, 4.69) is 26.0 Å². The van der Waals surface area contributed by atoms with Crippen LogP contribution in [0.2, 0.25) is 0 Å². The Morgan fingerprint density at radius 2 is 2.10 bits per heavy atom.